The number of rotatable bonds is 7. The predicted octanol–water partition coefficient (Wildman–Crippen LogP) is 4.80. The molecular formula is C23H27N3O3S. The van der Waals surface area contributed by atoms with Gasteiger partial charge in [-0.1, -0.05) is 36.9 Å². The van der Waals surface area contributed by atoms with Crippen LogP contribution in [0.5, 0.6) is 5.75 Å². The lowest BCUT2D eigenvalue weighted by atomic mass is 10.2. The zero-order chi connectivity index (χ0) is 21.8. The molecule has 0 aliphatic rings. The molecule has 0 aliphatic carbocycles. The third-order valence-electron chi connectivity index (χ3n) is 5.07. The Labute approximate surface area is 180 Å². The molecule has 6 nitrogen and oxygen atoms in total. The Hall–Kier alpha value is -2.80. The molecule has 0 aliphatic heterocycles. The van der Waals surface area contributed by atoms with Gasteiger partial charge >= 0.3 is 0 Å². The van der Waals surface area contributed by atoms with Crippen molar-refractivity contribution >= 4 is 34.3 Å². The van der Waals surface area contributed by atoms with Crippen molar-refractivity contribution in [2.24, 2.45) is 0 Å². The first-order valence-electron chi connectivity index (χ1n) is 9.99. The summed E-state index contributed by atoms with van der Waals surface area (Å²) in [5, 5.41) is 3.61. The Kier molecular flexibility index (Phi) is 6.82. The van der Waals surface area contributed by atoms with E-state index in [1.54, 1.807) is 17.7 Å². The summed E-state index contributed by atoms with van der Waals surface area (Å²) < 4.78 is 7.05. The number of nitrogens with zero attached hydrogens (tertiary/aromatic N) is 2. The Morgan fingerprint density at radius 3 is 2.67 bits per heavy atom. The van der Waals surface area contributed by atoms with Crippen LogP contribution in [-0.4, -0.2) is 27.8 Å². The van der Waals surface area contributed by atoms with Gasteiger partial charge in [-0.05, 0) is 57.0 Å². The molecule has 7 heteroatoms. The fraction of sp³-hybridized carbons (Fsp3) is 0.348. The summed E-state index contributed by atoms with van der Waals surface area (Å²) in [6.07, 6.45) is 0.786. The molecule has 2 atom stereocenters. The monoisotopic (exact) mass is 425 g/mol. The third kappa shape index (κ3) is 4.51. The summed E-state index contributed by atoms with van der Waals surface area (Å²) in [6.45, 7) is 7.78. The molecule has 158 valence electrons. The van der Waals surface area contributed by atoms with Gasteiger partial charge < -0.3 is 10.1 Å². The lowest BCUT2D eigenvalue weighted by molar-refractivity contribution is -0.115. The van der Waals surface area contributed by atoms with Gasteiger partial charge in [-0.3, -0.25) is 14.2 Å². The Bertz CT molecular complexity index is 1130. The van der Waals surface area contributed by atoms with Gasteiger partial charge in [-0.25, -0.2) is 4.98 Å². The maximum Gasteiger partial charge on any atom is 0.262 e. The molecule has 0 fully saturated rings. The molecule has 3 aromatic rings. The van der Waals surface area contributed by atoms with Crippen molar-refractivity contribution in [3.05, 3.63) is 58.4 Å². The largest absolute Gasteiger partial charge is 0.495 e. The van der Waals surface area contributed by atoms with E-state index >= 15 is 0 Å². The van der Waals surface area contributed by atoms with Crippen LogP contribution in [0.25, 0.3) is 10.9 Å². The summed E-state index contributed by atoms with van der Waals surface area (Å²) in [7, 11) is 1.57. The van der Waals surface area contributed by atoms with E-state index in [1.165, 1.54) is 11.8 Å². The summed E-state index contributed by atoms with van der Waals surface area (Å²) >= 11 is 1.29. The molecule has 0 saturated carbocycles. The fourth-order valence-electron chi connectivity index (χ4n) is 3.15. The number of aromatic nitrogens is 2. The molecule has 1 aromatic heterocycles. The Morgan fingerprint density at radius 2 is 1.97 bits per heavy atom. The molecule has 1 amide bonds. The van der Waals surface area contributed by atoms with E-state index < -0.39 is 5.25 Å². The number of hydrogen-bond acceptors (Lipinski definition) is 5. The van der Waals surface area contributed by atoms with Crippen LogP contribution in [0.1, 0.15) is 38.8 Å². The molecule has 30 heavy (non-hydrogen) atoms. The normalized spacial score (nSPS) is 13.1. The van der Waals surface area contributed by atoms with E-state index in [9.17, 15) is 9.59 Å². The first kappa shape index (κ1) is 21.9. The SMILES string of the molecule is CC[C@H](C)n1c(S[C@H](C)C(=O)Nc2cc(C)ccc2OC)nc2ccccc2c1=O. The standard InChI is InChI=1S/C23H27N3O3S/c1-6-15(3)26-22(28)17-9-7-8-10-18(17)25-23(26)30-16(4)21(27)24-19-13-14(2)11-12-20(19)29-5/h7-13,15-16H,6H2,1-5H3,(H,24,27)/t15-,16+/m0/s1. The average Bonchev–Trinajstić information content (AvgIpc) is 2.73. The number of thioether (sulfide) groups is 1. The molecule has 2 aromatic carbocycles. The number of ether oxygens (including phenoxy) is 1. The lowest BCUT2D eigenvalue weighted by Gasteiger charge is -2.20. The number of carbonyl (C=O) groups excluding carboxylic acids is 1. The highest BCUT2D eigenvalue weighted by molar-refractivity contribution is 8.00. The van der Waals surface area contributed by atoms with Gasteiger partial charge in [0.1, 0.15) is 5.75 Å². The summed E-state index contributed by atoms with van der Waals surface area (Å²) in [5.74, 6) is 0.425. The van der Waals surface area contributed by atoms with E-state index in [-0.39, 0.29) is 17.5 Å². The van der Waals surface area contributed by atoms with Gasteiger partial charge in [0.25, 0.3) is 5.56 Å². The second-order valence-electron chi connectivity index (χ2n) is 7.30. The zero-order valence-electron chi connectivity index (χ0n) is 17.9. The van der Waals surface area contributed by atoms with Gasteiger partial charge in [0.15, 0.2) is 5.16 Å². The van der Waals surface area contributed by atoms with Crippen LogP contribution in [0.3, 0.4) is 0 Å². The topological polar surface area (TPSA) is 73.2 Å². The first-order valence-corrected chi connectivity index (χ1v) is 10.9. The van der Waals surface area contributed by atoms with Crippen LogP contribution in [-0.2, 0) is 4.79 Å². The van der Waals surface area contributed by atoms with E-state index in [0.29, 0.717) is 27.5 Å². The van der Waals surface area contributed by atoms with Crippen molar-refractivity contribution in [1.29, 1.82) is 0 Å². The maximum atomic E-state index is 13.1. The van der Waals surface area contributed by atoms with Crippen molar-refractivity contribution in [3.63, 3.8) is 0 Å². The molecule has 3 rings (SSSR count). The van der Waals surface area contributed by atoms with Crippen LogP contribution in [0.4, 0.5) is 5.69 Å². The summed E-state index contributed by atoms with van der Waals surface area (Å²) in [6, 6.07) is 12.9. The molecule has 0 saturated heterocycles. The van der Waals surface area contributed by atoms with Gasteiger partial charge in [-0.2, -0.15) is 0 Å². The summed E-state index contributed by atoms with van der Waals surface area (Å²) in [4.78, 5) is 30.7. The van der Waals surface area contributed by atoms with Crippen molar-refractivity contribution in [1.82, 2.24) is 9.55 Å². The van der Waals surface area contributed by atoms with Crippen LogP contribution in [0.15, 0.2) is 52.4 Å². The number of carbonyl (C=O) groups is 1. The summed E-state index contributed by atoms with van der Waals surface area (Å²) in [5.41, 5.74) is 2.21. The molecule has 1 heterocycles. The third-order valence-corrected chi connectivity index (χ3v) is 6.14. The highest BCUT2D eigenvalue weighted by Crippen LogP contribution is 2.29. The number of nitrogens with one attached hydrogen (secondary N) is 1. The van der Waals surface area contributed by atoms with E-state index in [4.69, 9.17) is 9.72 Å². The van der Waals surface area contributed by atoms with Gasteiger partial charge in [0.05, 0.1) is 29.0 Å². The van der Waals surface area contributed by atoms with Gasteiger partial charge in [-0.15, -0.1) is 0 Å². The average molecular weight is 426 g/mol. The molecule has 0 bridgehead atoms. The van der Waals surface area contributed by atoms with Crippen molar-refractivity contribution < 1.29 is 9.53 Å². The maximum absolute atomic E-state index is 13.1. The van der Waals surface area contributed by atoms with Crippen molar-refractivity contribution in [2.75, 3.05) is 12.4 Å². The van der Waals surface area contributed by atoms with Crippen LogP contribution >= 0.6 is 11.8 Å². The molecule has 1 N–H and O–H groups in total. The minimum absolute atomic E-state index is 0.0239. The number of hydrogen-bond donors (Lipinski definition) is 1. The smallest absolute Gasteiger partial charge is 0.262 e. The second kappa shape index (κ2) is 9.34. The quantitative estimate of drug-likeness (QED) is 0.435. The highest BCUT2D eigenvalue weighted by atomic mass is 32.2. The lowest BCUT2D eigenvalue weighted by Crippen LogP contribution is -2.28. The Morgan fingerprint density at radius 1 is 1.23 bits per heavy atom. The zero-order valence-corrected chi connectivity index (χ0v) is 18.7. The van der Waals surface area contributed by atoms with Gasteiger partial charge in [0, 0.05) is 6.04 Å². The van der Waals surface area contributed by atoms with Crippen LogP contribution in [0.2, 0.25) is 0 Å². The number of fused-ring (bicyclic) bond motifs is 1. The number of aryl methyl sites for hydroxylation is 1. The number of anilines is 1. The Balaban J connectivity index is 1.92. The van der Waals surface area contributed by atoms with Gasteiger partial charge in [0.2, 0.25) is 5.91 Å². The first-order chi connectivity index (χ1) is 14.3. The molecule has 0 radical (unpaired) electrons. The number of para-hydroxylation sites is 1. The molecule has 0 unspecified atom stereocenters. The second-order valence-corrected chi connectivity index (χ2v) is 8.60. The number of benzene rings is 2. The fourth-order valence-corrected chi connectivity index (χ4v) is 4.16. The van der Waals surface area contributed by atoms with Crippen molar-refractivity contribution in [2.45, 2.75) is 50.6 Å². The minimum atomic E-state index is -0.460. The molecule has 0 spiro atoms. The number of amides is 1. The van der Waals surface area contributed by atoms with E-state index in [2.05, 4.69) is 5.32 Å². The number of methoxy groups -OCH3 is 1. The van der Waals surface area contributed by atoms with E-state index in [0.717, 1.165) is 12.0 Å². The van der Waals surface area contributed by atoms with Crippen LogP contribution < -0.4 is 15.6 Å². The minimum Gasteiger partial charge on any atom is -0.495 e. The van der Waals surface area contributed by atoms with Crippen LogP contribution in [0, 0.1) is 6.92 Å². The van der Waals surface area contributed by atoms with Crippen molar-refractivity contribution in [3.8, 4) is 5.75 Å². The molecular weight excluding hydrogens is 398 g/mol. The predicted molar refractivity (Wildman–Crippen MR) is 123 cm³/mol. The van der Waals surface area contributed by atoms with E-state index in [1.807, 2.05) is 64.1 Å². The highest BCUT2D eigenvalue weighted by Gasteiger charge is 2.22.